The fraction of sp³-hybridized carbons (Fsp3) is 0.350. The minimum absolute atomic E-state index is 0.0292. The molecule has 1 aliphatic heterocycles. The molecule has 0 unspecified atom stereocenters. The smallest absolute Gasteiger partial charge is 0.253 e. The number of carbonyl (C=O) groups is 2. The first-order valence-corrected chi connectivity index (χ1v) is 19.1. The lowest BCUT2D eigenvalue weighted by atomic mass is 9.90. The number of aliphatic hydroxyl groups excluding tert-OH is 1. The average Bonchev–Trinajstić information content (AvgIpc) is 3.77. The number of aliphatic hydroxyl groups is 1. The van der Waals surface area contributed by atoms with Gasteiger partial charge in [0.25, 0.3) is 5.91 Å². The summed E-state index contributed by atoms with van der Waals surface area (Å²) < 4.78 is 29.0. The third-order valence-electron chi connectivity index (χ3n) is 10.4. The van der Waals surface area contributed by atoms with Gasteiger partial charge in [0.1, 0.15) is 5.52 Å². The molecule has 0 radical (unpaired) electrons. The number of hydrogen-bond donors (Lipinski definition) is 3. The molecule has 0 spiro atoms. The van der Waals surface area contributed by atoms with Gasteiger partial charge in [-0.15, -0.1) is 0 Å². The van der Waals surface area contributed by atoms with Crippen molar-refractivity contribution < 1.29 is 23.1 Å². The highest BCUT2D eigenvalue weighted by atomic mass is 32.2. The van der Waals surface area contributed by atoms with Crippen LogP contribution < -0.4 is 5.32 Å². The summed E-state index contributed by atoms with van der Waals surface area (Å²) in [6, 6.07) is 15.1. The number of rotatable bonds is 10. The van der Waals surface area contributed by atoms with Crippen LogP contribution in [0.1, 0.15) is 57.4 Å². The number of hydrogen-bond acceptors (Lipinski definition) is 8. The van der Waals surface area contributed by atoms with Crippen molar-refractivity contribution in [1.82, 2.24) is 30.1 Å². The van der Waals surface area contributed by atoms with Crippen molar-refractivity contribution in [3.05, 3.63) is 94.3 Å². The van der Waals surface area contributed by atoms with Gasteiger partial charge in [-0.25, -0.2) is 18.4 Å². The third kappa shape index (κ3) is 6.73. The highest BCUT2D eigenvalue weighted by Gasteiger charge is 2.43. The molecule has 0 bridgehead atoms. The number of carbonyl (C=O) groups excluding carboxylic acids is 2. The molecular formula is C40H44N6O5S. The second-order valence-electron chi connectivity index (χ2n) is 14.5. The number of nitrogens with one attached hydrogen (secondary N) is 2. The second-order valence-corrected chi connectivity index (χ2v) is 16.4. The highest BCUT2D eigenvalue weighted by Crippen LogP contribution is 2.37. The number of nitrogens with zero attached hydrogens (tertiary/aromatic N) is 4. The van der Waals surface area contributed by atoms with Crippen molar-refractivity contribution >= 4 is 32.8 Å². The van der Waals surface area contributed by atoms with Gasteiger partial charge < -0.3 is 20.3 Å². The van der Waals surface area contributed by atoms with Gasteiger partial charge in [0, 0.05) is 63.0 Å². The summed E-state index contributed by atoms with van der Waals surface area (Å²) in [5, 5.41) is 12.4. The van der Waals surface area contributed by atoms with Gasteiger partial charge in [0.2, 0.25) is 15.7 Å². The summed E-state index contributed by atoms with van der Waals surface area (Å²) in [7, 11) is -0.709. The van der Waals surface area contributed by atoms with Crippen LogP contribution in [0.3, 0.4) is 0 Å². The average molecular weight is 721 g/mol. The van der Waals surface area contributed by atoms with E-state index in [1.54, 1.807) is 32.4 Å². The largest absolute Gasteiger partial charge is 0.394 e. The van der Waals surface area contributed by atoms with Crippen LogP contribution >= 0.6 is 0 Å². The molecule has 5 aromatic rings. The molecule has 3 heterocycles. The molecular weight excluding hydrogens is 677 g/mol. The Kier molecular flexibility index (Phi) is 9.26. The molecule has 1 fully saturated rings. The van der Waals surface area contributed by atoms with Crippen LogP contribution in [0, 0.1) is 20.8 Å². The molecule has 1 aliphatic carbocycles. The van der Waals surface area contributed by atoms with E-state index in [1.165, 1.54) is 16.7 Å². The number of fused-ring (bicyclic) bond motifs is 2. The Bertz CT molecular complexity index is 2340. The van der Waals surface area contributed by atoms with Crippen molar-refractivity contribution in [3.8, 4) is 22.3 Å². The van der Waals surface area contributed by atoms with Crippen LogP contribution in [0.2, 0.25) is 0 Å². The lowest BCUT2D eigenvalue weighted by Gasteiger charge is -2.30. The first-order valence-electron chi connectivity index (χ1n) is 17.6. The van der Waals surface area contributed by atoms with Gasteiger partial charge in [-0.2, -0.15) is 0 Å². The van der Waals surface area contributed by atoms with Crippen LogP contribution in [-0.2, 0) is 27.6 Å². The van der Waals surface area contributed by atoms with Gasteiger partial charge in [-0.3, -0.25) is 14.5 Å². The molecule has 11 nitrogen and oxygen atoms in total. The van der Waals surface area contributed by atoms with E-state index in [1.807, 2.05) is 38.1 Å². The summed E-state index contributed by atoms with van der Waals surface area (Å²) in [5.41, 5.74) is 8.96. The van der Waals surface area contributed by atoms with E-state index in [0.29, 0.717) is 47.4 Å². The van der Waals surface area contributed by atoms with Crippen LogP contribution in [0.5, 0.6) is 0 Å². The molecule has 0 atom stereocenters. The molecule has 270 valence electrons. The second kappa shape index (κ2) is 13.6. The minimum atomic E-state index is -4.13. The standard InChI is InChI=1S/C40H44N6O5S/c1-24-6-8-32(28-18-25(2)30-10-14-46(22-29(30)19-28)15-11-35(48)44-40(23-47)12-13-40)34(16-24)52(50,51)36-21-42-38-37(43-36)33(20-41-38)27-7-9-31(26(3)17-27)39(49)45(4)5/h6-9,16-21,47H,10-15,22-23H2,1-5H3,(H,41,42)(H,44,48). The van der Waals surface area contributed by atoms with Crippen molar-refractivity contribution in [2.75, 3.05) is 33.8 Å². The molecule has 7 rings (SSSR count). The zero-order valence-electron chi connectivity index (χ0n) is 30.2. The predicted octanol–water partition coefficient (Wildman–Crippen LogP) is 5.14. The molecule has 2 amide bonds. The zero-order chi connectivity index (χ0) is 36.9. The maximum atomic E-state index is 14.5. The lowest BCUT2D eigenvalue weighted by Crippen LogP contribution is -2.41. The van der Waals surface area contributed by atoms with Crippen molar-refractivity contribution in [2.45, 2.75) is 68.5 Å². The van der Waals surface area contributed by atoms with Gasteiger partial charge in [0.05, 0.1) is 23.2 Å². The van der Waals surface area contributed by atoms with E-state index < -0.39 is 15.4 Å². The van der Waals surface area contributed by atoms with E-state index in [4.69, 9.17) is 4.98 Å². The minimum Gasteiger partial charge on any atom is -0.394 e. The summed E-state index contributed by atoms with van der Waals surface area (Å²) in [6.45, 7) is 7.85. The summed E-state index contributed by atoms with van der Waals surface area (Å²) >= 11 is 0. The van der Waals surface area contributed by atoms with E-state index in [-0.39, 0.29) is 28.3 Å². The van der Waals surface area contributed by atoms with E-state index in [2.05, 4.69) is 39.2 Å². The van der Waals surface area contributed by atoms with E-state index >= 15 is 0 Å². The van der Waals surface area contributed by atoms with Crippen LogP contribution in [0.25, 0.3) is 33.4 Å². The highest BCUT2D eigenvalue weighted by molar-refractivity contribution is 7.91. The quantitative estimate of drug-likeness (QED) is 0.180. The Morgan fingerprint density at radius 3 is 2.48 bits per heavy atom. The molecule has 1 saturated carbocycles. The number of aromatic amines is 1. The monoisotopic (exact) mass is 720 g/mol. The number of benzene rings is 3. The topological polar surface area (TPSA) is 149 Å². The molecule has 2 aromatic heterocycles. The van der Waals surface area contributed by atoms with E-state index in [9.17, 15) is 23.1 Å². The molecule has 3 N–H and O–H groups in total. The molecule has 3 aromatic carbocycles. The number of aryl methyl sites for hydroxylation is 3. The fourth-order valence-corrected chi connectivity index (χ4v) is 8.60. The SMILES string of the molecule is Cc1ccc(-c2cc(C)c3c(c2)CN(CCC(=O)NC2(CO)CC2)CC3)c(S(=O)(=O)c2cnc3[nH]cc(-c4ccc(C(=O)N(C)C)c(C)c4)c3n2)c1. The lowest BCUT2D eigenvalue weighted by molar-refractivity contribution is -0.122. The Hall–Kier alpha value is -4.91. The fourth-order valence-electron chi connectivity index (χ4n) is 7.16. The summed E-state index contributed by atoms with van der Waals surface area (Å²) in [6.07, 6.45) is 5.87. The van der Waals surface area contributed by atoms with Gasteiger partial charge >= 0.3 is 0 Å². The molecule has 12 heteroatoms. The van der Waals surface area contributed by atoms with E-state index in [0.717, 1.165) is 59.2 Å². The Morgan fingerprint density at radius 1 is 1.00 bits per heavy atom. The normalized spacial score (nSPS) is 15.3. The van der Waals surface area contributed by atoms with Crippen molar-refractivity contribution in [2.24, 2.45) is 0 Å². The predicted molar refractivity (Wildman–Crippen MR) is 200 cm³/mol. The maximum Gasteiger partial charge on any atom is 0.253 e. The van der Waals surface area contributed by atoms with Crippen molar-refractivity contribution in [3.63, 3.8) is 0 Å². The number of H-pyrrole nitrogens is 1. The maximum absolute atomic E-state index is 14.5. The summed E-state index contributed by atoms with van der Waals surface area (Å²) in [4.78, 5) is 41.4. The van der Waals surface area contributed by atoms with Gasteiger partial charge in [-0.1, -0.05) is 30.3 Å². The zero-order valence-corrected chi connectivity index (χ0v) is 31.0. The van der Waals surface area contributed by atoms with Crippen LogP contribution in [0.4, 0.5) is 0 Å². The molecule has 52 heavy (non-hydrogen) atoms. The van der Waals surface area contributed by atoms with Gasteiger partial charge in [0.15, 0.2) is 10.7 Å². The Balaban J connectivity index is 1.19. The molecule has 2 aliphatic rings. The number of sulfone groups is 1. The van der Waals surface area contributed by atoms with Crippen LogP contribution in [-0.4, -0.2) is 89.4 Å². The molecule has 0 saturated heterocycles. The Morgan fingerprint density at radius 2 is 1.77 bits per heavy atom. The number of aromatic nitrogens is 3. The van der Waals surface area contributed by atoms with Crippen LogP contribution in [0.15, 0.2) is 70.8 Å². The third-order valence-corrected chi connectivity index (χ3v) is 12.1. The first kappa shape index (κ1) is 35.5. The van der Waals surface area contributed by atoms with Gasteiger partial charge in [-0.05, 0) is 97.2 Å². The van der Waals surface area contributed by atoms with Crippen molar-refractivity contribution in [1.29, 1.82) is 0 Å². The number of amides is 2. The summed E-state index contributed by atoms with van der Waals surface area (Å²) in [5.74, 6) is -0.142. The Labute approximate surface area is 304 Å². The first-order chi connectivity index (χ1) is 24.8.